The fraction of sp³-hybridized carbons (Fsp3) is 0.538. The Bertz CT molecular complexity index is 342. The molecule has 2 nitrogen and oxygen atoms in total. The van der Waals surface area contributed by atoms with Gasteiger partial charge in [-0.2, -0.15) is 0 Å². The van der Waals surface area contributed by atoms with Crippen molar-refractivity contribution in [2.45, 2.75) is 31.6 Å². The van der Waals surface area contributed by atoms with Crippen molar-refractivity contribution in [2.24, 2.45) is 0 Å². The molecule has 82 valence electrons. The monoisotopic (exact) mass is 206 g/mol. The lowest BCUT2D eigenvalue weighted by Gasteiger charge is -2.12. The van der Waals surface area contributed by atoms with Crippen LogP contribution in [-0.4, -0.2) is 18.8 Å². The summed E-state index contributed by atoms with van der Waals surface area (Å²) in [4.78, 5) is 0. The van der Waals surface area contributed by atoms with E-state index in [1.165, 1.54) is 24.0 Å². The number of hydrogen-bond donors (Lipinski definition) is 1. The van der Waals surface area contributed by atoms with Crippen LogP contribution >= 0.6 is 0 Å². The Morgan fingerprint density at radius 1 is 1.40 bits per heavy atom. The summed E-state index contributed by atoms with van der Waals surface area (Å²) in [5, 5.41) is 9.16. The normalized spacial score (nSPS) is 17.5. The first kappa shape index (κ1) is 10.5. The first-order valence-electron chi connectivity index (χ1n) is 5.54. The molecule has 0 spiro atoms. The van der Waals surface area contributed by atoms with E-state index in [-0.39, 0.29) is 12.5 Å². The Labute approximate surface area is 90.9 Å². The van der Waals surface area contributed by atoms with Gasteiger partial charge >= 0.3 is 0 Å². The van der Waals surface area contributed by atoms with Gasteiger partial charge in [0.2, 0.25) is 0 Å². The molecule has 1 atom stereocenters. The SMILES string of the molecule is COc1cc(C(C)CO)cc(C2CC2)c1. The molecule has 0 aromatic heterocycles. The fourth-order valence-electron chi connectivity index (χ4n) is 1.81. The number of methoxy groups -OCH3 is 1. The fourth-order valence-corrected chi connectivity index (χ4v) is 1.81. The topological polar surface area (TPSA) is 29.5 Å². The molecule has 15 heavy (non-hydrogen) atoms. The largest absolute Gasteiger partial charge is 0.497 e. The van der Waals surface area contributed by atoms with Gasteiger partial charge in [-0.25, -0.2) is 0 Å². The van der Waals surface area contributed by atoms with Crippen LogP contribution in [0.1, 0.15) is 42.7 Å². The van der Waals surface area contributed by atoms with E-state index in [1.807, 2.05) is 13.0 Å². The maximum Gasteiger partial charge on any atom is 0.119 e. The van der Waals surface area contributed by atoms with Crippen molar-refractivity contribution in [3.63, 3.8) is 0 Å². The van der Waals surface area contributed by atoms with Crippen molar-refractivity contribution in [2.75, 3.05) is 13.7 Å². The Hall–Kier alpha value is -1.02. The van der Waals surface area contributed by atoms with E-state index in [2.05, 4.69) is 12.1 Å². The minimum absolute atomic E-state index is 0.192. The summed E-state index contributed by atoms with van der Waals surface area (Å²) >= 11 is 0. The highest BCUT2D eigenvalue weighted by molar-refractivity contribution is 5.39. The molecule has 0 saturated heterocycles. The maximum absolute atomic E-state index is 9.16. The van der Waals surface area contributed by atoms with Crippen molar-refractivity contribution >= 4 is 0 Å². The molecular formula is C13H18O2. The van der Waals surface area contributed by atoms with Crippen molar-refractivity contribution in [3.8, 4) is 5.75 Å². The number of hydrogen-bond acceptors (Lipinski definition) is 2. The molecule has 1 unspecified atom stereocenters. The first-order chi connectivity index (χ1) is 7.24. The van der Waals surface area contributed by atoms with Gasteiger partial charge in [-0.15, -0.1) is 0 Å². The average Bonchev–Trinajstić information content (AvgIpc) is 3.11. The Morgan fingerprint density at radius 2 is 2.13 bits per heavy atom. The number of aliphatic hydroxyl groups is 1. The third-order valence-electron chi connectivity index (χ3n) is 3.08. The zero-order chi connectivity index (χ0) is 10.8. The van der Waals surface area contributed by atoms with Crippen LogP contribution < -0.4 is 4.74 Å². The Morgan fingerprint density at radius 3 is 2.67 bits per heavy atom. The average molecular weight is 206 g/mol. The van der Waals surface area contributed by atoms with Gasteiger partial charge < -0.3 is 9.84 Å². The lowest BCUT2D eigenvalue weighted by Crippen LogP contribution is -2.00. The van der Waals surface area contributed by atoms with Crippen LogP contribution in [0.2, 0.25) is 0 Å². The summed E-state index contributed by atoms with van der Waals surface area (Å²) in [5.74, 6) is 1.83. The molecule has 0 aliphatic heterocycles. The molecule has 1 N–H and O–H groups in total. The molecule has 1 aromatic rings. The zero-order valence-corrected chi connectivity index (χ0v) is 9.36. The van der Waals surface area contributed by atoms with Crippen molar-refractivity contribution in [1.82, 2.24) is 0 Å². The van der Waals surface area contributed by atoms with E-state index in [0.717, 1.165) is 11.7 Å². The molecule has 1 aromatic carbocycles. The van der Waals surface area contributed by atoms with E-state index >= 15 is 0 Å². The summed E-state index contributed by atoms with van der Waals surface area (Å²) in [5.41, 5.74) is 2.54. The Balaban J connectivity index is 2.32. The van der Waals surface area contributed by atoms with Crippen LogP contribution in [0.5, 0.6) is 5.75 Å². The van der Waals surface area contributed by atoms with Gasteiger partial charge in [0, 0.05) is 12.5 Å². The molecule has 2 rings (SSSR count). The van der Waals surface area contributed by atoms with Gasteiger partial charge in [-0.05, 0) is 42.0 Å². The summed E-state index contributed by atoms with van der Waals surface area (Å²) in [6, 6.07) is 6.35. The smallest absolute Gasteiger partial charge is 0.119 e. The third-order valence-corrected chi connectivity index (χ3v) is 3.08. The van der Waals surface area contributed by atoms with Crippen LogP contribution in [0.15, 0.2) is 18.2 Å². The van der Waals surface area contributed by atoms with Crippen LogP contribution in [0, 0.1) is 0 Å². The molecule has 1 aliphatic carbocycles. The highest BCUT2D eigenvalue weighted by Gasteiger charge is 2.24. The molecule has 0 heterocycles. The predicted octanol–water partition coefficient (Wildman–Crippen LogP) is 2.67. The van der Waals surface area contributed by atoms with Crippen molar-refractivity contribution < 1.29 is 9.84 Å². The minimum atomic E-state index is 0.192. The van der Waals surface area contributed by atoms with Crippen molar-refractivity contribution in [1.29, 1.82) is 0 Å². The number of benzene rings is 1. The summed E-state index contributed by atoms with van der Waals surface area (Å²) < 4.78 is 5.29. The van der Waals surface area contributed by atoms with Crippen LogP contribution in [0.25, 0.3) is 0 Å². The second-order valence-electron chi connectivity index (χ2n) is 4.40. The summed E-state index contributed by atoms with van der Waals surface area (Å²) in [6.45, 7) is 2.22. The highest BCUT2D eigenvalue weighted by Crippen LogP contribution is 2.42. The molecular weight excluding hydrogens is 188 g/mol. The molecule has 0 amide bonds. The lowest BCUT2D eigenvalue weighted by molar-refractivity contribution is 0.272. The minimum Gasteiger partial charge on any atom is -0.497 e. The first-order valence-corrected chi connectivity index (χ1v) is 5.54. The summed E-state index contributed by atoms with van der Waals surface area (Å²) in [7, 11) is 1.69. The molecule has 0 bridgehead atoms. The number of aliphatic hydroxyl groups excluding tert-OH is 1. The third kappa shape index (κ3) is 2.32. The van der Waals surface area contributed by atoms with Crippen LogP contribution in [0.4, 0.5) is 0 Å². The second-order valence-corrected chi connectivity index (χ2v) is 4.40. The van der Waals surface area contributed by atoms with Gasteiger partial charge in [0.15, 0.2) is 0 Å². The molecule has 2 heteroatoms. The van der Waals surface area contributed by atoms with Crippen LogP contribution in [0.3, 0.4) is 0 Å². The summed E-state index contributed by atoms with van der Waals surface area (Å²) in [6.07, 6.45) is 2.58. The van der Waals surface area contributed by atoms with E-state index in [9.17, 15) is 0 Å². The quantitative estimate of drug-likeness (QED) is 0.820. The van der Waals surface area contributed by atoms with Gasteiger partial charge in [-0.3, -0.25) is 0 Å². The van der Waals surface area contributed by atoms with Gasteiger partial charge in [-0.1, -0.05) is 13.0 Å². The van der Waals surface area contributed by atoms with E-state index in [1.54, 1.807) is 7.11 Å². The predicted molar refractivity (Wildman–Crippen MR) is 60.5 cm³/mol. The zero-order valence-electron chi connectivity index (χ0n) is 9.36. The maximum atomic E-state index is 9.16. The van der Waals surface area contributed by atoms with Crippen molar-refractivity contribution in [3.05, 3.63) is 29.3 Å². The number of rotatable bonds is 4. The standard InChI is InChI=1S/C13H18O2/c1-9(8-14)11-5-12(10-3-4-10)7-13(6-11)15-2/h5-7,9-10,14H,3-4,8H2,1-2H3. The highest BCUT2D eigenvalue weighted by atomic mass is 16.5. The molecule has 1 saturated carbocycles. The van der Waals surface area contributed by atoms with E-state index in [4.69, 9.17) is 9.84 Å². The van der Waals surface area contributed by atoms with E-state index in [0.29, 0.717) is 0 Å². The molecule has 1 aliphatic rings. The molecule has 0 radical (unpaired) electrons. The number of ether oxygens (including phenoxy) is 1. The lowest BCUT2D eigenvalue weighted by atomic mass is 9.98. The molecule has 1 fully saturated rings. The van der Waals surface area contributed by atoms with E-state index < -0.39 is 0 Å². The second kappa shape index (κ2) is 4.23. The Kier molecular flexibility index (Phi) is 2.96. The van der Waals surface area contributed by atoms with Gasteiger partial charge in [0.05, 0.1) is 7.11 Å². The van der Waals surface area contributed by atoms with Gasteiger partial charge in [0.25, 0.3) is 0 Å². The van der Waals surface area contributed by atoms with Crippen LogP contribution in [-0.2, 0) is 0 Å². The van der Waals surface area contributed by atoms with Gasteiger partial charge in [0.1, 0.15) is 5.75 Å².